The molecule has 0 aliphatic heterocycles. The molecule has 2 rings (SSSR count). The van der Waals surface area contributed by atoms with Crippen molar-refractivity contribution in [2.24, 2.45) is 0 Å². The van der Waals surface area contributed by atoms with Gasteiger partial charge in [0.25, 0.3) is 0 Å². The fourth-order valence-electron chi connectivity index (χ4n) is 2.21. The van der Waals surface area contributed by atoms with Gasteiger partial charge in [0, 0.05) is 30.7 Å². The predicted molar refractivity (Wildman–Crippen MR) is 72.2 cm³/mol. The maximum absolute atomic E-state index is 11.4. The van der Waals surface area contributed by atoms with Crippen LogP contribution in [0.4, 0.5) is 0 Å². The van der Waals surface area contributed by atoms with Crippen molar-refractivity contribution in [1.82, 2.24) is 15.3 Å². The largest absolute Gasteiger partial charge is 0.460 e. The summed E-state index contributed by atoms with van der Waals surface area (Å²) in [6, 6.07) is 2.43. The van der Waals surface area contributed by atoms with Gasteiger partial charge in [-0.1, -0.05) is 0 Å². The molecule has 5 nitrogen and oxygen atoms in total. The van der Waals surface area contributed by atoms with E-state index in [1.165, 1.54) is 0 Å². The standard InChI is InChI=1S/C13H18ClN3O2/c14-7-6-12(18)17-10-2-4-11(5-3-10)19-13-15-8-1-9-16-13/h1,8-11H,2-7H2,(H,17,18). The molecule has 0 aromatic carbocycles. The number of rotatable bonds is 5. The zero-order chi connectivity index (χ0) is 13.5. The SMILES string of the molecule is O=C(CCCl)NC1CCC(Oc2ncccn2)CC1. The van der Waals surface area contributed by atoms with E-state index in [0.717, 1.165) is 25.7 Å². The first-order valence-corrected chi connectivity index (χ1v) is 7.10. The van der Waals surface area contributed by atoms with Gasteiger partial charge in [0.1, 0.15) is 6.10 Å². The Morgan fingerprint density at radius 1 is 1.32 bits per heavy atom. The third kappa shape index (κ3) is 4.67. The van der Waals surface area contributed by atoms with Crippen LogP contribution in [0.3, 0.4) is 0 Å². The van der Waals surface area contributed by atoms with Gasteiger partial charge in [0.05, 0.1) is 0 Å². The van der Waals surface area contributed by atoms with Crippen LogP contribution in [0.2, 0.25) is 0 Å². The Morgan fingerprint density at radius 3 is 2.63 bits per heavy atom. The topological polar surface area (TPSA) is 64.1 Å². The summed E-state index contributed by atoms with van der Waals surface area (Å²) < 4.78 is 5.70. The number of halogens is 1. The van der Waals surface area contributed by atoms with Crippen LogP contribution in [0, 0.1) is 0 Å². The van der Waals surface area contributed by atoms with Crippen LogP contribution in [0.25, 0.3) is 0 Å². The van der Waals surface area contributed by atoms with Gasteiger partial charge in [0.15, 0.2) is 0 Å². The molecule has 0 bridgehead atoms. The molecule has 0 atom stereocenters. The average Bonchev–Trinajstić information content (AvgIpc) is 2.42. The van der Waals surface area contributed by atoms with Crippen LogP contribution in [0.1, 0.15) is 32.1 Å². The number of alkyl halides is 1. The molecule has 1 amide bonds. The van der Waals surface area contributed by atoms with Crippen molar-refractivity contribution in [3.63, 3.8) is 0 Å². The van der Waals surface area contributed by atoms with Crippen molar-refractivity contribution in [3.8, 4) is 6.01 Å². The molecule has 6 heteroatoms. The number of hydrogen-bond acceptors (Lipinski definition) is 4. The van der Waals surface area contributed by atoms with E-state index in [1.807, 2.05) is 0 Å². The maximum Gasteiger partial charge on any atom is 0.316 e. The summed E-state index contributed by atoms with van der Waals surface area (Å²) in [4.78, 5) is 19.5. The van der Waals surface area contributed by atoms with Gasteiger partial charge in [-0.25, -0.2) is 9.97 Å². The van der Waals surface area contributed by atoms with Crippen LogP contribution in [0.15, 0.2) is 18.5 Å². The third-order valence-electron chi connectivity index (χ3n) is 3.18. The fourth-order valence-corrected chi connectivity index (χ4v) is 2.38. The number of carbonyl (C=O) groups excluding carboxylic acids is 1. The molecule has 0 saturated heterocycles. The average molecular weight is 284 g/mol. The molecule has 0 radical (unpaired) electrons. The highest BCUT2D eigenvalue weighted by atomic mass is 35.5. The molecule has 0 unspecified atom stereocenters. The number of nitrogens with zero attached hydrogens (tertiary/aromatic N) is 2. The molecule has 1 aromatic rings. The van der Waals surface area contributed by atoms with Gasteiger partial charge in [-0.15, -0.1) is 11.6 Å². The molecule has 19 heavy (non-hydrogen) atoms. The van der Waals surface area contributed by atoms with E-state index in [4.69, 9.17) is 16.3 Å². The van der Waals surface area contributed by atoms with Crippen molar-refractivity contribution in [1.29, 1.82) is 0 Å². The van der Waals surface area contributed by atoms with Crippen molar-refractivity contribution in [3.05, 3.63) is 18.5 Å². The fraction of sp³-hybridized carbons (Fsp3) is 0.615. The van der Waals surface area contributed by atoms with Crippen LogP contribution < -0.4 is 10.1 Å². The van der Waals surface area contributed by atoms with Gasteiger partial charge in [-0.3, -0.25) is 4.79 Å². The first-order chi connectivity index (χ1) is 9.28. The summed E-state index contributed by atoms with van der Waals surface area (Å²) in [6.45, 7) is 0. The summed E-state index contributed by atoms with van der Waals surface area (Å²) in [5, 5.41) is 2.99. The molecule has 0 spiro atoms. The van der Waals surface area contributed by atoms with Crippen LogP contribution in [-0.4, -0.2) is 33.9 Å². The number of nitrogens with one attached hydrogen (secondary N) is 1. The number of amides is 1. The van der Waals surface area contributed by atoms with E-state index in [2.05, 4.69) is 15.3 Å². The van der Waals surface area contributed by atoms with E-state index in [1.54, 1.807) is 18.5 Å². The summed E-state index contributed by atoms with van der Waals surface area (Å²) in [5.74, 6) is 0.404. The van der Waals surface area contributed by atoms with Gasteiger partial charge in [0.2, 0.25) is 5.91 Å². The summed E-state index contributed by atoms with van der Waals surface area (Å²) >= 11 is 5.53. The van der Waals surface area contributed by atoms with Gasteiger partial charge >= 0.3 is 6.01 Å². The minimum absolute atomic E-state index is 0.0331. The van der Waals surface area contributed by atoms with E-state index in [9.17, 15) is 4.79 Å². The Morgan fingerprint density at radius 2 is 2.00 bits per heavy atom. The zero-order valence-electron chi connectivity index (χ0n) is 10.7. The second-order valence-corrected chi connectivity index (χ2v) is 5.01. The van der Waals surface area contributed by atoms with Crippen molar-refractivity contribution < 1.29 is 9.53 Å². The first-order valence-electron chi connectivity index (χ1n) is 6.57. The summed E-state index contributed by atoms with van der Waals surface area (Å²) in [5.41, 5.74) is 0. The predicted octanol–water partition coefficient (Wildman–Crippen LogP) is 1.91. The van der Waals surface area contributed by atoms with E-state index < -0.39 is 0 Å². The number of hydrogen-bond donors (Lipinski definition) is 1. The van der Waals surface area contributed by atoms with E-state index in [-0.39, 0.29) is 18.1 Å². The quantitative estimate of drug-likeness (QED) is 0.839. The molecule has 1 aromatic heterocycles. The normalized spacial score (nSPS) is 22.8. The van der Waals surface area contributed by atoms with E-state index in [0.29, 0.717) is 18.3 Å². The highest BCUT2D eigenvalue weighted by Crippen LogP contribution is 2.22. The molecular weight excluding hydrogens is 266 g/mol. The van der Waals surface area contributed by atoms with Crippen molar-refractivity contribution in [2.45, 2.75) is 44.2 Å². The van der Waals surface area contributed by atoms with Gasteiger partial charge in [-0.2, -0.15) is 0 Å². The highest BCUT2D eigenvalue weighted by molar-refractivity contribution is 6.18. The number of aromatic nitrogens is 2. The molecule has 1 N–H and O–H groups in total. The smallest absolute Gasteiger partial charge is 0.316 e. The third-order valence-corrected chi connectivity index (χ3v) is 3.36. The summed E-state index contributed by atoms with van der Waals surface area (Å²) in [6.07, 6.45) is 7.52. The van der Waals surface area contributed by atoms with Gasteiger partial charge < -0.3 is 10.1 Å². The second-order valence-electron chi connectivity index (χ2n) is 4.63. The van der Waals surface area contributed by atoms with Crippen LogP contribution >= 0.6 is 11.6 Å². The van der Waals surface area contributed by atoms with Crippen molar-refractivity contribution >= 4 is 17.5 Å². The van der Waals surface area contributed by atoms with Crippen LogP contribution in [0.5, 0.6) is 6.01 Å². The Balaban J connectivity index is 1.72. The molecule has 1 fully saturated rings. The Kier molecular flexibility index (Phi) is 5.39. The Labute approximate surface area is 117 Å². The number of carbonyl (C=O) groups is 1. The zero-order valence-corrected chi connectivity index (χ0v) is 11.5. The lowest BCUT2D eigenvalue weighted by Gasteiger charge is -2.28. The van der Waals surface area contributed by atoms with Crippen molar-refractivity contribution in [2.75, 3.05) is 5.88 Å². The lowest BCUT2D eigenvalue weighted by molar-refractivity contribution is -0.121. The molecular formula is C13H18ClN3O2. The highest BCUT2D eigenvalue weighted by Gasteiger charge is 2.23. The maximum atomic E-state index is 11.4. The minimum Gasteiger partial charge on any atom is -0.460 e. The van der Waals surface area contributed by atoms with Gasteiger partial charge in [-0.05, 0) is 31.7 Å². The molecule has 1 heterocycles. The number of ether oxygens (including phenoxy) is 1. The minimum atomic E-state index is 0.0331. The Bertz CT molecular complexity index is 394. The first kappa shape index (κ1) is 14.1. The molecule has 1 saturated carbocycles. The van der Waals surface area contributed by atoms with Crippen LogP contribution in [-0.2, 0) is 4.79 Å². The van der Waals surface area contributed by atoms with E-state index >= 15 is 0 Å². The second kappa shape index (κ2) is 7.28. The molecule has 104 valence electrons. The lowest BCUT2D eigenvalue weighted by Crippen LogP contribution is -2.39. The molecule has 1 aliphatic rings. The Hall–Kier alpha value is -1.36. The lowest BCUT2D eigenvalue weighted by atomic mass is 9.93. The summed E-state index contributed by atoms with van der Waals surface area (Å²) in [7, 11) is 0. The molecule has 1 aliphatic carbocycles. The monoisotopic (exact) mass is 283 g/mol.